The molecular weight excluding hydrogens is 403 g/mol. The quantitative estimate of drug-likeness (QED) is 0.831. The maximum absolute atomic E-state index is 12.9. The lowest BCUT2D eigenvalue weighted by molar-refractivity contribution is 0.140. The largest absolute Gasteiger partial charge is 0.335 e. The summed E-state index contributed by atoms with van der Waals surface area (Å²) in [5, 5.41) is -0.221. The summed E-state index contributed by atoms with van der Waals surface area (Å²) < 4.78 is 51.7. The molecule has 0 amide bonds. The zero-order valence-corrected chi connectivity index (χ0v) is 15.1. The first kappa shape index (κ1) is 19.4. The number of anilines is 1. The van der Waals surface area contributed by atoms with E-state index in [0.717, 1.165) is 25.4 Å². The van der Waals surface area contributed by atoms with Crippen LogP contribution in [0.5, 0.6) is 0 Å². The van der Waals surface area contributed by atoms with Gasteiger partial charge in [0.15, 0.2) is 0 Å². The van der Waals surface area contributed by atoms with Gasteiger partial charge in [0.25, 0.3) is 12.0 Å². The lowest BCUT2D eigenvalue weighted by Gasteiger charge is -2.14. The van der Waals surface area contributed by atoms with Crippen LogP contribution in [-0.4, -0.2) is 23.8 Å². The molecule has 0 bridgehead atoms. The Morgan fingerprint density at radius 1 is 1.12 bits per heavy atom. The van der Waals surface area contributed by atoms with Crippen molar-refractivity contribution < 1.29 is 17.2 Å². The number of aromatic nitrogens is 2. The monoisotopic (exact) mass is 413 g/mol. The maximum Gasteiger partial charge on any atom is 0.335 e. The number of hydrogen-bond donors (Lipinski definition) is 1. The molecule has 136 valence electrons. The van der Waals surface area contributed by atoms with Crippen LogP contribution in [-0.2, 0) is 17.1 Å². The fourth-order valence-electron chi connectivity index (χ4n) is 2.06. The number of benzene rings is 1. The van der Waals surface area contributed by atoms with E-state index in [0.29, 0.717) is 15.2 Å². The molecule has 2 aromatic rings. The van der Waals surface area contributed by atoms with Gasteiger partial charge in [-0.05, 0) is 12.1 Å². The van der Waals surface area contributed by atoms with Crippen molar-refractivity contribution >= 4 is 38.9 Å². The molecule has 0 unspecified atom stereocenters. The smallest absolute Gasteiger partial charge is 0.295 e. The molecule has 12 heteroatoms. The number of sulfonamides is 1. The molecule has 2 rings (SSSR count). The highest BCUT2D eigenvalue weighted by molar-refractivity contribution is 7.92. The highest BCUT2D eigenvalue weighted by atomic mass is 35.5. The van der Waals surface area contributed by atoms with Crippen LogP contribution in [0, 0.1) is 0 Å². The van der Waals surface area contributed by atoms with Gasteiger partial charge in [-0.15, -0.1) is 0 Å². The molecule has 0 radical (unpaired) electrons. The fraction of sp³-hybridized carbons (Fsp3) is 0.231. The maximum atomic E-state index is 12.9. The van der Waals surface area contributed by atoms with Crippen molar-refractivity contribution in [1.29, 1.82) is 0 Å². The number of rotatable bonds is 4. The van der Waals surface area contributed by atoms with Gasteiger partial charge >= 0.3 is 5.69 Å². The molecular formula is C13H11Cl2F2N3O4S. The summed E-state index contributed by atoms with van der Waals surface area (Å²) in [5.74, 6) is 0. The molecule has 0 aliphatic heterocycles. The summed E-state index contributed by atoms with van der Waals surface area (Å²) >= 11 is 11.9. The van der Waals surface area contributed by atoms with Crippen molar-refractivity contribution in [2.24, 2.45) is 7.05 Å². The Bertz CT molecular complexity index is 1060. The zero-order valence-electron chi connectivity index (χ0n) is 12.8. The second-order valence-corrected chi connectivity index (χ2v) is 7.61. The van der Waals surface area contributed by atoms with Gasteiger partial charge < -0.3 is 0 Å². The van der Waals surface area contributed by atoms with Crippen molar-refractivity contribution in [3.05, 3.63) is 54.8 Å². The predicted octanol–water partition coefficient (Wildman–Crippen LogP) is 2.15. The molecule has 0 atom stereocenters. The Morgan fingerprint density at radius 2 is 1.72 bits per heavy atom. The normalized spacial score (nSPS) is 11.8. The van der Waals surface area contributed by atoms with Crippen molar-refractivity contribution in [3.63, 3.8) is 0 Å². The number of alkyl halides is 2. The molecule has 1 aromatic carbocycles. The minimum atomic E-state index is -3.71. The summed E-state index contributed by atoms with van der Waals surface area (Å²) in [7, 11) is -2.64. The number of nitrogens with zero attached hydrogens (tertiary/aromatic N) is 2. The molecule has 0 aliphatic carbocycles. The van der Waals surface area contributed by atoms with Crippen LogP contribution < -0.4 is 16.0 Å². The van der Waals surface area contributed by atoms with E-state index in [2.05, 4.69) is 4.72 Å². The van der Waals surface area contributed by atoms with E-state index in [1.54, 1.807) is 0 Å². The SMILES string of the molecule is Cn1c(C(F)F)cc(=O)n(-c2cc(NS(C)(=O)=O)c(Cl)cc2Cl)c1=O. The Morgan fingerprint density at radius 3 is 2.24 bits per heavy atom. The molecule has 0 aliphatic rings. The molecule has 1 N–H and O–H groups in total. The third kappa shape index (κ3) is 4.02. The Balaban J connectivity index is 2.80. The van der Waals surface area contributed by atoms with E-state index in [1.165, 1.54) is 0 Å². The van der Waals surface area contributed by atoms with E-state index in [1.807, 2.05) is 0 Å². The lowest BCUT2D eigenvalue weighted by Crippen LogP contribution is -2.39. The third-order valence-corrected chi connectivity index (χ3v) is 4.36. The van der Waals surface area contributed by atoms with E-state index >= 15 is 0 Å². The van der Waals surface area contributed by atoms with Crippen molar-refractivity contribution in [3.8, 4) is 5.69 Å². The topological polar surface area (TPSA) is 90.2 Å². The summed E-state index contributed by atoms with van der Waals surface area (Å²) in [5.41, 5.74) is -3.21. The number of halogens is 4. The van der Waals surface area contributed by atoms with Crippen LogP contribution in [0.3, 0.4) is 0 Å². The van der Waals surface area contributed by atoms with Crippen LogP contribution in [0.2, 0.25) is 10.0 Å². The summed E-state index contributed by atoms with van der Waals surface area (Å²) in [6.45, 7) is 0. The molecule has 7 nitrogen and oxygen atoms in total. The predicted molar refractivity (Wildman–Crippen MR) is 90.7 cm³/mol. The van der Waals surface area contributed by atoms with Crippen molar-refractivity contribution in [1.82, 2.24) is 9.13 Å². The Labute approximate surface area is 150 Å². The van der Waals surface area contributed by atoms with E-state index in [9.17, 15) is 26.8 Å². The van der Waals surface area contributed by atoms with Gasteiger partial charge in [0.2, 0.25) is 10.0 Å². The van der Waals surface area contributed by atoms with Gasteiger partial charge in [-0.3, -0.25) is 14.1 Å². The molecule has 0 saturated carbocycles. The first-order chi connectivity index (χ1) is 11.4. The van der Waals surface area contributed by atoms with Crippen molar-refractivity contribution in [2.75, 3.05) is 11.0 Å². The zero-order chi connectivity index (χ0) is 19.1. The molecule has 0 spiro atoms. The number of nitrogens with one attached hydrogen (secondary N) is 1. The molecule has 0 saturated heterocycles. The van der Waals surface area contributed by atoms with E-state index < -0.39 is 33.4 Å². The highest BCUT2D eigenvalue weighted by Crippen LogP contribution is 2.31. The minimum absolute atomic E-state index is 0.0757. The number of hydrogen-bond acceptors (Lipinski definition) is 4. The van der Waals surface area contributed by atoms with Gasteiger partial charge in [-0.2, -0.15) is 0 Å². The summed E-state index contributed by atoms with van der Waals surface area (Å²) in [6.07, 6.45) is -2.15. The second-order valence-electron chi connectivity index (χ2n) is 5.04. The molecule has 1 heterocycles. The van der Waals surface area contributed by atoms with Gasteiger partial charge in [-0.1, -0.05) is 23.2 Å². The van der Waals surface area contributed by atoms with Crippen LogP contribution in [0.1, 0.15) is 12.1 Å². The van der Waals surface area contributed by atoms with E-state index in [4.69, 9.17) is 23.2 Å². The third-order valence-electron chi connectivity index (χ3n) is 3.15. The van der Waals surface area contributed by atoms with Gasteiger partial charge in [-0.25, -0.2) is 26.6 Å². The fourth-order valence-corrected chi connectivity index (χ4v) is 3.20. The average molecular weight is 414 g/mol. The standard InChI is InChI=1S/C13H11Cl2F2N3O4S/c1-19-10(12(16)17)5-11(21)20(13(19)22)9-4-8(18-25(2,23)24)6(14)3-7(9)15/h3-5,12,18H,1-2H3. The van der Waals surface area contributed by atoms with Crippen LogP contribution >= 0.6 is 23.2 Å². The van der Waals surface area contributed by atoms with Gasteiger partial charge in [0.1, 0.15) is 0 Å². The summed E-state index contributed by atoms with van der Waals surface area (Å²) in [4.78, 5) is 24.4. The van der Waals surface area contributed by atoms with Crippen LogP contribution in [0.4, 0.5) is 14.5 Å². The Kier molecular flexibility index (Phi) is 5.26. The van der Waals surface area contributed by atoms with E-state index in [-0.39, 0.29) is 21.4 Å². The van der Waals surface area contributed by atoms with Crippen molar-refractivity contribution in [2.45, 2.75) is 6.43 Å². The lowest BCUT2D eigenvalue weighted by atomic mass is 10.2. The summed E-state index contributed by atoms with van der Waals surface area (Å²) in [6, 6.07) is 2.79. The minimum Gasteiger partial charge on any atom is -0.295 e. The molecule has 0 fully saturated rings. The molecule has 25 heavy (non-hydrogen) atoms. The van der Waals surface area contributed by atoms with Crippen LogP contribution in [0.15, 0.2) is 27.8 Å². The molecule has 1 aromatic heterocycles. The van der Waals surface area contributed by atoms with Crippen LogP contribution in [0.25, 0.3) is 5.69 Å². The second kappa shape index (κ2) is 6.77. The highest BCUT2D eigenvalue weighted by Gasteiger charge is 2.20. The first-order valence-corrected chi connectivity index (χ1v) is 9.15. The average Bonchev–Trinajstić information content (AvgIpc) is 2.45. The first-order valence-electron chi connectivity index (χ1n) is 6.50. The Hall–Kier alpha value is -1.91. The van der Waals surface area contributed by atoms with Gasteiger partial charge in [0, 0.05) is 13.1 Å². The van der Waals surface area contributed by atoms with Gasteiger partial charge in [0.05, 0.1) is 33.4 Å².